The molecule has 4 heteroatoms. The molecule has 0 aliphatic carbocycles. The van der Waals surface area contributed by atoms with Gasteiger partial charge in [-0.2, -0.15) is 0 Å². The third-order valence-electron chi connectivity index (χ3n) is 2.87. The van der Waals surface area contributed by atoms with Crippen LogP contribution in [-0.4, -0.2) is 6.54 Å². The van der Waals surface area contributed by atoms with Crippen LogP contribution < -0.4 is 5.32 Å². The highest BCUT2D eigenvalue weighted by Crippen LogP contribution is 2.29. The van der Waals surface area contributed by atoms with Crippen molar-refractivity contribution in [2.24, 2.45) is 0 Å². The molecule has 2 aromatic rings. The Hall–Kier alpha value is -0.900. The lowest BCUT2D eigenvalue weighted by atomic mass is 9.98. The fourth-order valence-corrected chi connectivity index (χ4v) is 2.45. The minimum atomic E-state index is -0.233. The molecule has 1 N–H and O–H groups in total. The van der Waals surface area contributed by atoms with Crippen LogP contribution >= 0.6 is 27.5 Å². The largest absolute Gasteiger partial charge is 0.307 e. The molecule has 0 aliphatic rings. The number of hydrogen-bond donors (Lipinski definition) is 1. The van der Waals surface area contributed by atoms with Gasteiger partial charge in [0.2, 0.25) is 0 Å². The van der Waals surface area contributed by atoms with Gasteiger partial charge in [0.1, 0.15) is 5.82 Å². The van der Waals surface area contributed by atoms with Gasteiger partial charge in [-0.3, -0.25) is 0 Å². The Balaban J connectivity index is 2.42. The second-order valence-electron chi connectivity index (χ2n) is 4.22. The van der Waals surface area contributed by atoms with E-state index in [2.05, 4.69) is 21.2 Å². The molecule has 0 aliphatic heterocycles. The summed E-state index contributed by atoms with van der Waals surface area (Å²) < 4.78 is 14.2. The molecule has 19 heavy (non-hydrogen) atoms. The summed E-state index contributed by atoms with van der Waals surface area (Å²) in [4.78, 5) is 0. The average molecular weight is 343 g/mol. The fourth-order valence-electron chi connectivity index (χ4n) is 2.01. The molecule has 1 unspecified atom stereocenters. The molecule has 0 saturated heterocycles. The molecular weight excluding hydrogens is 329 g/mol. The van der Waals surface area contributed by atoms with E-state index in [1.165, 1.54) is 6.07 Å². The summed E-state index contributed by atoms with van der Waals surface area (Å²) in [6.45, 7) is 2.81. The van der Waals surface area contributed by atoms with Crippen LogP contribution in [0.25, 0.3) is 0 Å². The van der Waals surface area contributed by atoms with Crippen molar-refractivity contribution < 1.29 is 4.39 Å². The van der Waals surface area contributed by atoms with Crippen molar-refractivity contribution in [1.82, 2.24) is 5.32 Å². The van der Waals surface area contributed by atoms with Crippen molar-refractivity contribution in [3.63, 3.8) is 0 Å². The first-order chi connectivity index (χ1) is 9.11. The van der Waals surface area contributed by atoms with E-state index in [1.807, 2.05) is 31.2 Å². The van der Waals surface area contributed by atoms with Gasteiger partial charge in [-0.05, 0) is 57.9 Å². The molecule has 0 saturated carbocycles. The predicted octanol–water partition coefficient (Wildman–Crippen LogP) is 4.94. The molecule has 100 valence electrons. The Labute approximate surface area is 125 Å². The minimum absolute atomic E-state index is 0.0636. The lowest BCUT2D eigenvalue weighted by Gasteiger charge is -2.19. The Bertz CT molecular complexity index is 574. The van der Waals surface area contributed by atoms with Crippen LogP contribution in [0.4, 0.5) is 4.39 Å². The zero-order chi connectivity index (χ0) is 13.8. The first kappa shape index (κ1) is 14.5. The van der Waals surface area contributed by atoms with Gasteiger partial charge in [0.05, 0.1) is 11.1 Å². The standard InChI is InChI=1S/C15H14BrClFN/c1-2-19-15(10-4-3-5-12(18)8-10)11-6-7-13(16)14(17)9-11/h3-9,15,19H,2H2,1H3. The highest BCUT2D eigenvalue weighted by Gasteiger charge is 2.14. The number of benzene rings is 2. The van der Waals surface area contributed by atoms with Crippen LogP contribution in [0.15, 0.2) is 46.9 Å². The lowest BCUT2D eigenvalue weighted by molar-refractivity contribution is 0.603. The van der Waals surface area contributed by atoms with Gasteiger partial charge in [-0.25, -0.2) is 4.39 Å². The Morgan fingerprint density at radius 1 is 1.21 bits per heavy atom. The summed E-state index contributed by atoms with van der Waals surface area (Å²) in [5.41, 5.74) is 1.90. The summed E-state index contributed by atoms with van der Waals surface area (Å²) in [6, 6.07) is 12.3. The molecule has 1 nitrogen and oxygen atoms in total. The van der Waals surface area contributed by atoms with Gasteiger partial charge in [0.25, 0.3) is 0 Å². The SMILES string of the molecule is CCNC(c1cccc(F)c1)c1ccc(Br)c(Cl)c1. The van der Waals surface area contributed by atoms with E-state index in [0.717, 1.165) is 22.1 Å². The Kier molecular flexibility index (Phi) is 4.97. The first-order valence-corrected chi connectivity index (χ1v) is 7.22. The maximum atomic E-state index is 13.4. The molecule has 1 atom stereocenters. The van der Waals surface area contributed by atoms with Crippen LogP contribution in [0.5, 0.6) is 0 Å². The van der Waals surface area contributed by atoms with Crippen molar-refractivity contribution in [3.8, 4) is 0 Å². The van der Waals surface area contributed by atoms with E-state index in [4.69, 9.17) is 11.6 Å². The normalized spacial score (nSPS) is 12.4. The summed E-state index contributed by atoms with van der Waals surface area (Å²) in [6.07, 6.45) is 0. The molecular formula is C15H14BrClFN. The summed E-state index contributed by atoms with van der Waals surface area (Å²) >= 11 is 9.50. The molecule has 2 aromatic carbocycles. The van der Waals surface area contributed by atoms with Gasteiger partial charge >= 0.3 is 0 Å². The lowest BCUT2D eigenvalue weighted by Crippen LogP contribution is -2.22. The fraction of sp³-hybridized carbons (Fsp3) is 0.200. The average Bonchev–Trinajstić information content (AvgIpc) is 2.39. The Morgan fingerprint density at radius 3 is 2.58 bits per heavy atom. The monoisotopic (exact) mass is 341 g/mol. The number of rotatable bonds is 4. The van der Waals surface area contributed by atoms with Crippen LogP contribution in [0.3, 0.4) is 0 Å². The van der Waals surface area contributed by atoms with Gasteiger partial charge < -0.3 is 5.32 Å². The van der Waals surface area contributed by atoms with Gasteiger partial charge in [-0.1, -0.05) is 36.7 Å². The third kappa shape index (κ3) is 3.56. The molecule has 0 heterocycles. The molecule has 0 radical (unpaired) electrons. The number of nitrogens with one attached hydrogen (secondary N) is 1. The zero-order valence-electron chi connectivity index (χ0n) is 10.5. The second-order valence-corrected chi connectivity index (χ2v) is 5.48. The second kappa shape index (κ2) is 6.51. The van der Waals surface area contributed by atoms with E-state index in [-0.39, 0.29) is 11.9 Å². The maximum absolute atomic E-state index is 13.4. The van der Waals surface area contributed by atoms with E-state index < -0.39 is 0 Å². The van der Waals surface area contributed by atoms with Crippen molar-refractivity contribution in [2.45, 2.75) is 13.0 Å². The highest BCUT2D eigenvalue weighted by molar-refractivity contribution is 9.10. The molecule has 0 amide bonds. The molecule has 0 fully saturated rings. The predicted molar refractivity (Wildman–Crippen MR) is 81.1 cm³/mol. The molecule has 0 bridgehead atoms. The van der Waals surface area contributed by atoms with Gasteiger partial charge in [0, 0.05) is 4.47 Å². The van der Waals surface area contributed by atoms with E-state index >= 15 is 0 Å². The maximum Gasteiger partial charge on any atom is 0.123 e. The van der Waals surface area contributed by atoms with Gasteiger partial charge in [0.15, 0.2) is 0 Å². The van der Waals surface area contributed by atoms with Crippen molar-refractivity contribution in [2.75, 3.05) is 6.54 Å². The van der Waals surface area contributed by atoms with E-state index in [1.54, 1.807) is 12.1 Å². The highest BCUT2D eigenvalue weighted by atomic mass is 79.9. The van der Waals surface area contributed by atoms with Gasteiger partial charge in [-0.15, -0.1) is 0 Å². The van der Waals surface area contributed by atoms with E-state index in [9.17, 15) is 4.39 Å². The third-order valence-corrected chi connectivity index (χ3v) is 4.10. The molecule has 2 rings (SSSR count). The summed E-state index contributed by atoms with van der Waals surface area (Å²) in [7, 11) is 0. The van der Waals surface area contributed by atoms with Crippen molar-refractivity contribution in [3.05, 3.63) is 68.9 Å². The number of halogens is 3. The smallest absolute Gasteiger partial charge is 0.123 e. The first-order valence-electron chi connectivity index (χ1n) is 6.05. The van der Waals surface area contributed by atoms with Crippen molar-refractivity contribution >= 4 is 27.5 Å². The van der Waals surface area contributed by atoms with Crippen LogP contribution in [0.1, 0.15) is 24.1 Å². The van der Waals surface area contributed by atoms with Crippen LogP contribution in [-0.2, 0) is 0 Å². The minimum Gasteiger partial charge on any atom is -0.307 e. The summed E-state index contributed by atoms with van der Waals surface area (Å²) in [5, 5.41) is 4.00. The van der Waals surface area contributed by atoms with E-state index in [0.29, 0.717) is 5.02 Å². The Morgan fingerprint density at radius 2 is 1.95 bits per heavy atom. The van der Waals surface area contributed by atoms with Crippen LogP contribution in [0.2, 0.25) is 5.02 Å². The molecule has 0 spiro atoms. The zero-order valence-corrected chi connectivity index (χ0v) is 12.8. The number of hydrogen-bond acceptors (Lipinski definition) is 1. The summed E-state index contributed by atoms with van der Waals surface area (Å²) in [5.74, 6) is -0.233. The van der Waals surface area contributed by atoms with Crippen LogP contribution in [0, 0.1) is 5.82 Å². The topological polar surface area (TPSA) is 12.0 Å². The molecule has 0 aromatic heterocycles. The quantitative estimate of drug-likeness (QED) is 0.830. The van der Waals surface area contributed by atoms with Crippen molar-refractivity contribution in [1.29, 1.82) is 0 Å².